The molecule has 0 aliphatic heterocycles. The smallest absolute Gasteiger partial charge is 0.0679 e. The van der Waals surface area contributed by atoms with Gasteiger partial charge in [0.2, 0.25) is 0 Å². The average Bonchev–Trinajstić information content (AvgIpc) is 1.85. The van der Waals surface area contributed by atoms with Gasteiger partial charge in [-0.05, 0) is 32.5 Å². The van der Waals surface area contributed by atoms with Crippen molar-refractivity contribution in [3.8, 4) is 0 Å². The molecule has 0 saturated carbocycles. The monoisotopic (exact) mass is 171 g/mol. The topological polar surface area (TPSA) is 32.3 Å². The lowest BCUT2D eigenvalue weighted by molar-refractivity contribution is -0.0138. The van der Waals surface area contributed by atoms with Gasteiger partial charge in [-0.15, -0.1) is 0 Å². The summed E-state index contributed by atoms with van der Waals surface area (Å²) in [6.45, 7) is 9.76. The highest BCUT2D eigenvalue weighted by Crippen LogP contribution is 2.36. The lowest BCUT2D eigenvalue weighted by Gasteiger charge is -2.38. The molecule has 0 aromatic heterocycles. The lowest BCUT2D eigenvalue weighted by Crippen LogP contribution is -2.40. The van der Waals surface area contributed by atoms with Crippen LogP contribution in [0.15, 0.2) is 11.8 Å². The van der Waals surface area contributed by atoms with Crippen LogP contribution in [0.1, 0.15) is 34.6 Å². The quantitative estimate of drug-likeness (QED) is 0.680. The van der Waals surface area contributed by atoms with Gasteiger partial charge in [0.1, 0.15) is 0 Å². The molecule has 72 valence electrons. The van der Waals surface area contributed by atoms with Crippen LogP contribution in [-0.4, -0.2) is 17.8 Å². The standard InChI is InChI=1S/C10H21NO/c1-8(7-11-6)9(2,3)10(4,5)12/h7,11-12H,1-6H3/b8-7+. The van der Waals surface area contributed by atoms with Crippen LogP contribution in [0.3, 0.4) is 0 Å². The van der Waals surface area contributed by atoms with Crippen LogP contribution in [0, 0.1) is 5.41 Å². The van der Waals surface area contributed by atoms with Gasteiger partial charge < -0.3 is 10.4 Å². The maximum Gasteiger partial charge on any atom is 0.0679 e. The number of nitrogens with one attached hydrogen (secondary N) is 1. The highest BCUT2D eigenvalue weighted by atomic mass is 16.3. The Morgan fingerprint density at radius 3 is 1.92 bits per heavy atom. The van der Waals surface area contributed by atoms with Gasteiger partial charge in [0, 0.05) is 12.5 Å². The Hall–Kier alpha value is -0.500. The van der Waals surface area contributed by atoms with Crippen molar-refractivity contribution in [2.45, 2.75) is 40.2 Å². The molecule has 0 atom stereocenters. The Balaban J connectivity index is 4.73. The average molecular weight is 171 g/mol. The highest BCUT2D eigenvalue weighted by Gasteiger charge is 2.36. The van der Waals surface area contributed by atoms with Crippen LogP contribution in [0.4, 0.5) is 0 Å². The molecule has 0 heterocycles. The number of rotatable bonds is 3. The van der Waals surface area contributed by atoms with Gasteiger partial charge in [0.15, 0.2) is 0 Å². The molecule has 0 amide bonds. The maximum absolute atomic E-state index is 9.87. The summed E-state index contributed by atoms with van der Waals surface area (Å²) in [5.74, 6) is 0. The van der Waals surface area contributed by atoms with E-state index in [0.29, 0.717) is 0 Å². The van der Waals surface area contributed by atoms with E-state index < -0.39 is 5.60 Å². The SMILES string of the molecule is CN/C=C(\C)C(C)(C)C(C)(C)O. The molecule has 0 aliphatic rings. The van der Waals surface area contributed by atoms with E-state index in [9.17, 15) is 5.11 Å². The van der Waals surface area contributed by atoms with Gasteiger partial charge >= 0.3 is 0 Å². The summed E-state index contributed by atoms with van der Waals surface area (Å²) in [7, 11) is 1.87. The fraction of sp³-hybridized carbons (Fsp3) is 0.800. The van der Waals surface area contributed by atoms with Gasteiger partial charge in [0.05, 0.1) is 5.60 Å². The summed E-state index contributed by atoms with van der Waals surface area (Å²) < 4.78 is 0. The molecule has 12 heavy (non-hydrogen) atoms. The second-order valence-electron chi connectivity index (χ2n) is 4.30. The molecule has 0 unspecified atom stereocenters. The van der Waals surface area contributed by atoms with Crippen molar-refractivity contribution in [3.05, 3.63) is 11.8 Å². The van der Waals surface area contributed by atoms with Crippen molar-refractivity contribution >= 4 is 0 Å². The van der Waals surface area contributed by atoms with Crippen LogP contribution in [0.5, 0.6) is 0 Å². The Labute approximate surface area is 75.7 Å². The van der Waals surface area contributed by atoms with Crippen LogP contribution in [0.2, 0.25) is 0 Å². The van der Waals surface area contributed by atoms with E-state index in [2.05, 4.69) is 5.32 Å². The first-order chi connectivity index (χ1) is 5.23. The number of hydrogen-bond donors (Lipinski definition) is 2. The van der Waals surface area contributed by atoms with E-state index in [1.54, 1.807) is 0 Å². The summed E-state index contributed by atoms with van der Waals surface area (Å²) >= 11 is 0. The van der Waals surface area contributed by atoms with Crippen LogP contribution < -0.4 is 5.32 Å². The third-order valence-electron chi connectivity index (χ3n) is 2.88. The van der Waals surface area contributed by atoms with Crippen molar-refractivity contribution in [3.63, 3.8) is 0 Å². The molecule has 2 N–H and O–H groups in total. The molecule has 0 spiro atoms. The van der Waals surface area contributed by atoms with Gasteiger partial charge in [-0.25, -0.2) is 0 Å². The van der Waals surface area contributed by atoms with Crippen LogP contribution >= 0.6 is 0 Å². The molecule has 0 rings (SSSR count). The molecule has 2 nitrogen and oxygen atoms in total. The van der Waals surface area contributed by atoms with E-state index in [1.165, 1.54) is 0 Å². The van der Waals surface area contributed by atoms with E-state index in [0.717, 1.165) is 5.57 Å². The van der Waals surface area contributed by atoms with Crippen molar-refractivity contribution in [2.24, 2.45) is 5.41 Å². The maximum atomic E-state index is 9.87. The Morgan fingerprint density at radius 1 is 1.25 bits per heavy atom. The summed E-state index contributed by atoms with van der Waals surface area (Å²) in [4.78, 5) is 0. The molecule has 2 heteroatoms. The first-order valence-corrected chi connectivity index (χ1v) is 4.30. The summed E-state index contributed by atoms with van der Waals surface area (Å²) in [6.07, 6.45) is 1.93. The molecule has 0 fully saturated rings. The summed E-state index contributed by atoms with van der Waals surface area (Å²) in [5.41, 5.74) is 0.262. The van der Waals surface area contributed by atoms with Crippen molar-refractivity contribution in [1.82, 2.24) is 5.32 Å². The normalized spacial score (nSPS) is 14.8. The third kappa shape index (κ3) is 2.24. The lowest BCUT2D eigenvalue weighted by atomic mass is 9.72. The fourth-order valence-corrected chi connectivity index (χ4v) is 0.879. The molecule has 0 saturated heterocycles. The first kappa shape index (κ1) is 11.5. The van der Waals surface area contributed by atoms with Gasteiger partial charge in [-0.3, -0.25) is 0 Å². The number of aliphatic hydroxyl groups is 1. The minimum Gasteiger partial charge on any atom is -0.394 e. The summed E-state index contributed by atoms with van der Waals surface area (Å²) in [5, 5.41) is 12.8. The molecule has 0 bridgehead atoms. The summed E-state index contributed by atoms with van der Waals surface area (Å²) in [6, 6.07) is 0. The predicted molar refractivity (Wildman–Crippen MR) is 52.9 cm³/mol. The zero-order chi connectivity index (χ0) is 9.99. The van der Waals surface area contributed by atoms with Crippen molar-refractivity contribution in [1.29, 1.82) is 0 Å². The minimum atomic E-state index is -0.690. The van der Waals surface area contributed by atoms with Crippen molar-refractivity contribution < 1.29 is 5.11 Å². The molecule has 0 aromatic rings. The van der Waals surface area contributed by atoms with Crippen molar-refractivity contribution in [2.75, 3.05) is 7.05 Å². The van der Waals surface area contributed by atoms with E-state index in [4.69, 9.17) is 0 Å². The zero-order valence-electron chi connectivity index (χ0n) is 9.02. The highest BCUT2D eigenvalue weighted by molar-refractivity contribution is 5.13. The molecule has 0 radical (unpaired) electrons. The van der Waals surface area contributed by atoms with Gasteiger partial charge in [-0.2, -0.15) is 0 Å². The minimum absolute atomic E-state index is 0.198. The van der Waals surface area contributed by atoms with E-state index in [-0.39, 0.29) is 5.41 Å². The zero-order valence-corrected chi connectivity index (χ0v) is 9.02. The molecule has 0 aliphatic carbocycles. The second-order valence-corrected chi connectivity index (χ2v) is 4.30. The molecular formula is C10H21NO. The third-order valence-corrected chi connectivity index (χ3v) is 2.88. The molecule has 0 aromatic carbocycles. The largest absolute Gasteiger partial charge is 0.394 e. The Bertz CT molecular complexity index is 175. The molecular weight excluding hydrogens is 150 g/mol. The fourth-order valence-electron chi connectivity index (χ4n) is 0.879. The Kier molecular flexibility index (Phi) is 3.34. The van der Waals surface area contributed by atoms with E-state index >= 15 is 0 Å². The van der Waals surface area contributed by atoms with E-state index in [1.807, 2.05) is 47.9 Å². The second kappa shape index (κ2) is 3.48. The predicted octanol–water partition coefficient (Wildman–Crippen LogP) is 1.91. The number of hydrogen-bond acceptors (Lipinski definition) is 2. The Morgan fingerprint density at radius 2 is 1.67 bits per heavy atom. The van der Waals surface area contributed by atoms with Crippen LogP contribution in [-0.2, 0) is 0 Å². The van der Waals surface area contributed by atoms with Gasteiger partial charge in [0.25, 0.3) is 0 Å². The van der Waals surface area contributed by atoms with Gasteiger partial charge in [-0.1, -0.05) is 13.8 Å². The van der Waals surface area contributed by atoms with Crippen LogP contribution in [0.25, 0.3) is 0 Å². The first-order valence-electron chi connectivity index (χ1n) is 4.30.